The first kappa shape index (κ1) is 23.4. The lowest BCUT2D eigenvalue weighted by atomic mass is 9.76. The predicted molar refractivity (Wildman–Crippen MR) is 126 cm³/mol. The van der Waals surface area contributed by atoms with Crippen molar-refractivity contribution in [2.75, 3.05) is 0 Å². The molecule has 32 heavy (non-hydrogen) atoms. The van der Waals surface area contributed by atoms with Crippen molar-refractivity contribution >= 4 is 0 Å². The van der Waals surface area contributed by atoms with E-state index in [0.29, 0.717) is 35.3 Å². The van der Waals surface area contributed by atoms with Crippen molar-refractivity contribution in [1.82, 2.24) is 0 Å². The van der Waals surface area contributed by atoms with Crippen LogP contribution in [0.3, 0.4) is 0 Å². The molecule has 2 fully saturated rings. The van der Waals surface area contributed by atoms with Gasteiger partial charge in [-0.15, -0.1) is 0 Å². The average Bonchev–Trinajstić information content (AvgIpc) is 2.81. The molecule has 3 heteroatoms. The molecule has 0 saturated heterocycles. The van der Waals surface area contributed by atoms with E-state index >= 15 is 0 Å². The third-order valence-corrected chi connectivity index (χ3v) is 8.25. The van der Waals surface area contributed by atoms with Gasteiger partial charge in [-0.2, -0.15) is 0 Å². The molecule has 2 aliphatic carbocycles. The van der Waals surface area contributed by atoms with Crippen LogP contribution in [-0.2, 0) is 12.8 Å². The Morgan fingerprint density at radius 2 is 1.41 bits per heavy atom. The van der Waals surface area contributed by atoms with Gasteiger partial charge in [0.05, 0.1) is 0 Å². The maximum atomic E-state index is 14.8. The van der Waals surface area contributed by atoms with E-state index in [1.165, 1.54) is 0 Å². The second-order valence-corrected chi connectivity index (χ2v) is 10.4. The van der Waals surface area contributed by atoms with Crippen molar-refractivity contribution in [3.8, 4) is 0 Å². The monoisotopic (exact) mass is 442 g/mol. The van der Waals surface area contributed by atoms with Crippen molar-refractivity contribution in [2.24, 2.45) is 11.8 Å². The van der Waals surface area contributed by atoms with Gasteiger partial charge in [-0.1, -0.05) is 51.0 Å². The lowest BCUT2D eigenvalue weighted by Gasteiger charge is -2.29. The minimum Gasteiger partial charge on any atom is -0.207 e. The Labute approximate surface area is 191 Å². The van der Waals surface area contributed by atoms with E-state index in [2.05, 4.69) is 13.0 Å². The van der Waals surface area contributed by atoms with Gasteiger partial charge in [0.25, 0.3) is 0 Å². The third-order valence-electron chi connectivity index (χ3n) is 8.25. The van der Waals surface area contributed by atoms with Crippen LogP contribution in [0.25, 0.3) is 0 Å². The summed E-state index contributed by atoms with van der Waals surface area (Å²) in [6.45, 7) is 4.21. The highest BCUT2D eigenvalue weighted by Gasteiger charge is 2.26. The highest BCUT2D eigenvalue weighted by Crippen LogP contribution is 2.39. The van der Waals surface area contributed by atoms with Gasteiger partial charge in [0.15, 0.2) is 11.6 Å². The van der Waals surface area contributed by atoms with Crippen LogP contribution in [0.5, 0.6) is 0 Å². The number of halogens is 3. The highest BCUT2D eigenvalue weighted by molar-refractivity contribution is 5.30. The molecule has 0 unspecified atom stereocenters. The normalized spacial score (nSPS) is 26.3. The Morgan fingerprint density at radius 3 is 2.06 bits per heavy atom. The molecule has 0 atom stereocenters. The second kappa shape index (κ2) is 10.4. The zero-order chi connectivity index (χ0) is 22.7. The quantitative estimate of drug-likeness (QED) is 0.419. The van der Waals surface area contributed by atoms with Gasteiger partial charge in [0, 0.05) is 0 Å². The third kappa shape index (κ3) is 5.24. The largest absolute Gasteiger partial charge is 0.207 e. The average molecular weight is 443 g/mol. The highest BCUT2D eigenvalue weighted by atomic mass is 19.2. The van der Waals surface area contributed by atoms with E-state index in [-0.39, 0.29) is 11.7 Å². The van der Waals surface area contributed by atoms with Gasteiger partial charge in [0.1, 0.15) is 5.82 Å². The summed E-state index contributed by atoms with van der Waals surface area (Å²) in [6.07, 6.45) is 10.6. The smallest absolute Gasteiger partial charge is 0.162 e. The van der Waals surface area contributed by atoms with Crippen molar-refractivity contribution in [1.29, 1.82) is 0 Å². The molecule has 4 rings (SSSR count). The molecular formula is C29H37F3. The van der Waals surface area contributed by atoms with Crippen molar-refractivity contribution in [2.45, 2.75) is 96.3 Å². The fraction of sp³-hybridized carbons (Fsp3) is 0.586. The molecule has 0 aromatic heterocycles. The molecule has 2 aliphatic rings. The van der Waals surface area contributed by atoms with Gasteiger partial charge < -0.3 is 0 Å². The van der Waals surface area contributed by atoms with Crippen LogP contribution in [-0.4, -0.2) is 0 Å². The Kier molecular flexibility index (Phi) is 7.63. The molecule has 0 heterocycles. The second-order valence-electron chi connectivity index (χ2n) is 10.4. The minimum atomic E-state index is -0.624. The van der Waals surface area contributed by atoms with Crippen LogP contribution in [0, 0.1) is 29.3 Å². The number of rotatable bonds is 6. The fourth-order valence-electron chi connectivity index (χ4n) is 5.93. The van der Waals surface area contributed by atoms with E-state index < -0.39 is 11.6 Å². The molecule has 2 saturated carbocycles. The van der Waals surface area contributed by atoms with Gasteiger partial charge in [-0.25, -0.2) is 13.2 Å². The lowest BCUT2D eigenvalue weighted by Crippen LogP contribution is -2.15. The van der Waals surface area contributed by atoms with Gasteiger partial charge in [-0.3, -0.25) is 0 Å². The van der Waals surface area contributed by atoms with E-state index in [9.17, 15) is 13.2 Å². The molecule has 174 valence electrons. The first-order valence-electron chi connectivity index (χ1n) is 12.7. The lowest BCUT2D eigenvalue weighted by molar-refractivity contribution is 0.308. The Hall–Kier alpha value is -1.77. The van der Waals surface area contributed by atoms with Crippen LogP contribution >= 0.6 is 0 Å². The summed E-state index contributed by atoms with van der Waals surface area (Å²) in [7, 11) is 0. The molecule has 0 nitrogen and oxygen atoms in total. The number of hydrogen-bond acceptors (Lipinski definition) is 0. The molecule has 2 aromatic carbocycles. The van der Waals surface area contributed by atoms with E-state index in [4.69, 9.17) is 0 Å². The Morgan fingerprint density at radius 1 is 0.750 bits per heavy atom. The van der Waals surface area contributed by atoms with Gasteiger partial charge in [0.2, 0.25) is 0 Å². The number of hydrogen-bond donors (Lipinski definition) is 0. The van der Waals surface area contributed by atoms with Crippen LogP contribution in [0.15, 0.2) is 30.3 Å². The van der Waals surface area contributed by atoms with E-state index in [1.807, 2.05) is 25.1 Å². The summed E-state index contributed by atoms with van der Waals surface area (Å²) in [5.74, 6) is 0.497. The van der Waals surface area contributed by atoms with Crippen LogP contribution in [0.4, 0.5) is 13.2 Å². The maximum absolute atomic E-state index is 14.8. The van der Waals surface area contributed by atoms with Crippen molar-refractivity contribution < 1.29 is 13.2 Å². The van der Waals surface area contributed by atoms with Crippen LogP contribution in [0.1, 0.15) is 106 Å². The zero-order valence-corrected chi connectivity index (χ0v) is 19.6. The van der Waals surface area contributed by atoms with Gasteiger partial charge >= 0.3 is 0 Å². The van der Waals surface area contributed by atoms with Crippen LogP contribution < -0.4 is 0 Å². The summed E-state index contributed by atoms with van der Waals surface area (Å²) in [6, 6.07) is 9.40. The molecule has 0 amide bonds. The maximum Gasteiger partial charge on any atom is 0.162 e. The topological polar surface area (TPSA) is 0 Å². The van der Waals surface area contributed by atoms with E-state index in [0.717, 1.165) is 75.3 Å². The predicted octanol–water partition coefficient (Wildman–Crippen LogP) is 8.87. The number of aryl methyl sites for hydroxylation is 2. The summed E-state index contributed by atoms with van der Waals surface area (Å²) in [5, 5.41) is 0. The molecule has 0 bridgehead atoms. The fourth-order valence-corrected chi connectivity index (χ4v) is 5.93. The van der Waals surface area contributed by atoms with Crippen LogP contribution in [0.2, 0.25) is 0 Å². The summed E-state index contributed by atoms with van der Waals surface area (Å²) >= 11 is 0. The molecule has 2 aromatic rings. The SMILES string of the molecule is CCc1ccc(C2CCC(CCc3ccc(C4CCC(C)CC4)c(F)c3F)CC2)cc1F. The van der Waals surface area contributed by atoms with Crippen molar-refractivity contribution in [3.05, 3.63) is 70.0 Å². The summed E-state index contributed by atoms with van der Waals surface area (Å²) in [5.41, 5.74) is 2.99. The molecule has 0 spiro atoms. The standard InChI is InChI=1S/C29H37F3/c1-3-21-14-15-25(18-27(21)30)22-11-6-20(7-12-22)8-13-24-16-17-26(29(32)28(24)31)23-9-4-19(2)5-10-23/h14-20,22-23H,3-13H2,1-2H3. The molecule has 0 aliphatic heterocycles. The molecule has 0 N–H and O–H groups in total. The van der Waals surface area contributed by atoms with Gasteiger partial charge in [-0.05, 0) is 110 Å². The first-order chi connectivity index (χ1) is 15.5. The summed E-state index contributed by atoms with van der Waals surface area (Å²) in [4.78, 5) is 0. The number of benzene rings is 2. The molecular weight excluding hydrogens is 405 g/mol. The minimum absolute atomic E-state index is 0.0872. The van der Waals surface area contributed by atoms with E-state index in [1.54, 1.807) is 6.07 Å². The van der Waals surface area contributed by atoms with Crippen molar-refractivity contribution in [3.63, 3.8) is 0 Å². The Balaban J connectivity index is 1.31. The summed E-state index contributed by atoms with van der Waals surface area (Å²) < 4.78 is 43.8. The molecule has 0 radical (unpaired) electrons. The first-order valence-corrected chi connectivity index (χ1v) is 12.7. The Bertz CT molecular complexity index is 903. The zero-order valence-electron chi connectivity index (χ0n) is 19.6.